The van der Waals surface area contributed by atoms with Gasteiger partial charge in [-0.1, -0.05) is 6.07 Å². The van der Waals surface area contributed by atoms with Crippen molar-refractivity contribution in [3.63, 3.8) is 0 Å². The lowest BCUT2D eigenvalue weighted by Gasteiger charge is -2.05. The third-order valence-corrected chi connectivity index (χ3v) is 1.72. The Morgan fingerprint density at radius 2 is 2.00 bits per heavy atom. The summed E-state index contributed by atoms with van der Waals surface area (Å²) in [7, 11) is 1.53. The molecular formula is C9H11NO2. The van der Waals surface area contributed by atoms with E-state index < -0.39 is 0 Å². The van der Waals surface area contributed by atoms with Gasteiger partial charge in [0, 0.05) is 0 Å². The molecule has 0 heterocycles. The summed E-state index contributed by atoms with van der Waals surface area (Å²) in [6.45, 7) is 3.79. The summed E-state index contributed by atoms with van der Waals surface area (Å²) in [5, 5.41) is 2.91. The summed E-state index contributed by atoms with van der Waals surface area (Å²) >= 11 is 0. The third kappa shape index (κ3) is 1.44. The molecule has 0 aliphatic carbocycles. The predicted octanol–water partition coefficient (Wildman–Crippen LogP) is 2.71. The molecule has 0 radical (unpaired) electrons. The van der Waals surface area contributed by atoms with E-state index in [1.54, 1.807) is 6.07 Å². The smallest absolute Gasteiger partial charge is 0.152 e. The van der Waals surface area contributed by atoms with Crippen molar-refractivity contribution in [3.05, 3.63) is 28.2 Å². The zero-order chi connectivity index (χ0) is 9.14. The van der Waals surface area contributed by atoms with Gasteiger partial charge in [0.25, 0.3) is 0 Å². The van der Waals surface area contributed by atoms with E-state index in [2.05, 4.69) is 5.18 Å². The average Bonchev–Trinajstić information content (AvgIpc) is 2.03. The number of aryl methyl sites for hydroxylation is 2. The molecule has 0 saturated heterocycles. The van der Waals surface area contributed by atoms with Gasteiger partial charge in [-0.05, 0) is 36.2 Å². The van der Waals surface area contributed by atoms with Crippen LogP contribution in [0.4, 0.5) is 5.69 Å². The van der Waals surface area contributed by atoms with Crippen molar-refractivity contribution in [2.75, 3.05) is 7.11 Å². The van der Waals surface area contributed by atoms with Gasteiger partial charge in [0.1, 0.15) is 5.75 Å². The largest absolute Gasteiger partial charge is 0.494 e. The summed E-state index contributed by atoms with van der Waals surface area (Å²) < 4.78 is 5.00. The minimum absolute atomic E-state index is 0.392. The number of nitrogens with zero attached hydrogens (tertiary/aromatic N) is 1. The lowest BCUT2D eigenvalue weighted by molar-refractivity contribution is 0.415. The highest BCUT2D eigenvalue weighted by Crippen LogP contribution is 2.31. The van der Waals surface area contributed by atoms with Gasteiger partial charge in [-0.25, -0.2) is 0 Å². The lowest BCUT2D eigenvalue weighted by atomic mass is 10.1. The van der Waals surface area contributed by atoms with E-state index in [0.29, 0.717) is 11.4 Å². The zero-order valence-electron chi connectivity index (χ0n) is 7.42. The summed E-state index contributed by atoms with van der Waals surface area (Å²) in [5.41, 5.74) is 2.31. The van der Waals surface area contributed by atoms with Crippen LogP contribution in [-0.4, -0.2) is 7.11 Å². The van der Waals surface area contributed by atoms with Crippen LogP contribution in [0, 0.1) is 18.8 Å². The van der Waals surface area contributed by atoms with Gasteiger partial charge >= 0.3 is 0 Å². The molecule has 3 nitrogen and oxygen atoms in total. The number of hydrogen-bond acceptors (Lipinski definition) is 3. The molecule has 1 aromatic rings. The molecule has 0 bridgehead atoms. The van der Waals surface area contributed by atoms with Crippen molar-refractivity contribution in [1.29, 1.82) is 0 Å². The van der Waals surface area contributed by atoms with Crippen LogP contribution in [-0.2, 0) is 0 Å². The molecule has 1 aromatic carbocycles. The molecule has 0 aromatic heterocycles. The number of nitroso groups, excluding NO2 is 1. The summed E-state index contributed by atoms with van der Waals surface area (Å²) in [6, 6.07) is 3.70. The Morgan fingerprint density at radius 1 is 1.33 bits per heavy atom. The molecule has 0 unspecified atom stereocenters. The Labute approximate surface area is 71.3 Å². The molecule has 0 spiro atoms. The Balaban J connectivity index is 3.33. The quantitative estimate of drug-likeness (QED) is 0.632. The first-order valence-electron chi connectivity index (χ1n) is 3.67. The van der Waals surface area contributed by atoms with Crippen LogP contribution in [0.5, 0.6) is 5.75 Å². The standard InChI is InChI=1S/C9H11NO2/c1-6-4-7(2)9(10-11)8(5-6)12-3/h4-5H,1-3H3. The van der Waals surface area contributed by atoms with Gasteiger partial charge in [-0.15, -0.1) is 4.91 Å². The highest BCUT2D eigenvalue weighted by atomic mass is 16.5. The molecule has 0 atom stereocenters. The van der Waals surface area contributed by atoms with Crippen molar-refractivity contribution in [3.8, 4) is 5.75 Å². The fourth-order valence-corrected chi connectivity index (χ4v) is 1.19. The second kappa shape index (κ2) is 3.34. The van der Waals surface area contributed by atoms with E-state index in [-0.39, 0.29) is 0 Å². The van der Waals surface area contributed by atoms with Gasteiger partial charge in [-0.2, -0.15) is 0 Å². The third-order valence-electron chi connectivity index (χ3n) is 1.72. The minimum atomic E-state index is 0.392. The van der Waals surface area contributed by atoms with E-state index in [0.717, 1.165) is 11.1 Å². The fraction of sp³-hybridized carbons (Fsp3) is 0.333. The second-order valence-electron chi connectivity index (χ2n) is 2.72. The highest BCUT2D eigenvalue weighted by Gasteiger charge is 2.06. The van der Waals surface area contributed by atoms with Crippen LogP contribution in [0.3, 0.4) is 0 Å². The molecule has 0 saturated carbocycles. The van der Waals surface area contributed by atoms with Crippen molar-refractivity contribution < 1.29 is 4.74 Å². The zero-order valence-corrected chi connectivity index (χ0v) is 7.42. The van der Waals surface area contributed by atoms with Crippen LogP contribution < -0.4 is 4.74 Å². The van der Waals surface area contributed by atoms with Crippen molar-refractivity contribution in [2.24, 2.45) is 5.18 Å². The fourth-order valence-electron chi connectivity index (χ4n) is 1.19. The summed E-state index contributed by atoms with van der Waals surface area (Å²) in [5.74, 6) is 0.544. The van der Waals surface area contributed by atoms with Crippen LogP contribution in [0.1, 0.15) is 11.1 Å². The second-order valence-corrected chi connectivity index (χ2v) is 2.72. The molecule has 0 aliphatic rings. The summed E-state index contributed by atoms with van der Waals surface area (Å²) in [6.07, 6.45) is 0. The monoisotopic (exact) mass is 165 g/mol. The highest BCUT2D eigenvalue weighted by molar-refractivity contribution is 5.58. The van der Waals surface area contributed by atoms with E-state index in [4.69, 9.17) is 4.74 Å². The number of methoxy groups -OCH3 is 1. The van der Waals surface area contributed by atoms with Crippen LogP contribution >= 0.6 is 0 Å². The predicted molar refractivity (Wildman–Crippen MR) is 47.9 cm³/mol. The van der Waals surface area contributed by atoms with Crippen LogP contribution in [0.25, 0.3) is 0 Å². The SMILES string of the molecule is COc1cc(C)cc(C)c1N=O. The Morgan fingerprint density at radius 3 is 2.50 bits per heavy atom. The van der Waals surface area contributed by atoms with Crippen molar-refractivity contribution in [1.82, 2.24) is 0 Å². The maximum Gasteiger partial charge on any atom is 0.152 e. The topological polar surface area (TPSA) is 38.7 Å². The summed E-state index contributed by atoms with van der Waals surface area (Å²) in [4.78, 5) is 10.4. The number of hydrogen-bond donors (Lipinski definition) is 0. The maximum absolute atomic E-state index is 10.4. The number of ether oxygens (including phenoxy) is 1. The lowest BCUT2D eigenvalue weighted by Crippen LogP contribution is -1.87. The minimum Gasteiger partial charge on any atom is -0.494 e. The van der Waals surface area contributed by atoms with Crippen molar-refractivity contribution >= 4 is 5.69 Å². The molecule has 3 heteroatoms. The van der Waals surface area contributed by atoms with Gasteiger partial charge in [0.15, 0.2) is 5.69 Å². The van der Waals surface area contributed by atoms with Gasteiger partial charge < -0.3 is 4.74 Å². The molecule has 64 valence electrons. The van der Waals surface area contributed by atoms with Gasteiger partial charge in [0.2, 0.25) is 0 Å². The Bertz CT molecular complexity index is 308. The van der Waals surface area contributed by atoms with E-state index >= 15 is 0 Å². The Hall–Kier alpha value is -1.38. The van der Waals surface area contributed by atoms with Crippen LogP contribution in [0.2, 0.25) is 0 Å². The Kier molecular flexibility index (Phi) is 2.43. The first kappa shape index (κ1) is 8.71. The molecule has 12 heavy (non-hydrogen) atoms. The first-order valence-corrected chi connectivity index (χ1v) is 3.67. The molecule has 0 N–H and O–H groups in total. The normalized spacial score (nSPS) is 9.58. The maximum atomic E-state index is 10.4. The van der Waals surface area contributed by atoms with Crippen LogP contribution in [0.15, 0.2) is 17.3 Å². The molecular weight excluding hydrogens is 154 g/mol. The van der Waals surface area contributed by atoms with Gasteiger partial charge in [-0.3, -0.25) is 0 Å². The number of rotatable bonds is 2. The average molecular weight is 165 g/mol. The molecule has 0 fully saturated rings. The first-order chi connectivity index (χ1) is 5.69. The van der Waals surface area contributed by atoms with E-state index in [1.807, 2.05) is 19.9 Å². The molecule has 0 aliphatic heterocycles. The van der Waals surface area contributed by atoms with Crippen molar-refractivity contribution in [2.45, 2.75) is 13.8 Å². The molecule has 1 rings (SSSR count). The van der Waals surface area contributed by atoms with E-state index in [1.165, 1.54) is 7.11 Å². The van der Waals surface area contributed by atoms with Gasteiger partial charge in [0.05, 0.1) is 7.11 Å². The van der Waals surface area contributed by atoms with E-state index in [9.17, 15) is 4.91 Å². The number of benzene rings is 1. The molecule has 0 amide bonds.